The fraction of sp³-hybridized carbons (Fsp3) is 0.227. The molecule has 4 aromatic rings. The SMILES string of the molecule is O=c1c2c(cnn2-c2ccc(F)cc2)c(C2CC2)nn1CCc1ccccc1. The van der Waals surface area contributed by atoms with Crippen molar-refractivity contribution in [2.75, 3.05) is 0 Å². The highest BCUT2D eigenvalue weighted by molar-refractivity contribution is 5.82. The van der Waals surface area contributed by atoms with E-state index in [4.69, 9.17) is 0 Å². The Morgan fingerprint density at radius 1 is 1.04 bits per heavy atom. The van der Waals surface area contributed by atoms with Crippen molar-refractivity contribution in [3.8, 4) is 5.69 Å². The highest BCUT2D eigenvalue weighted by Crippen LogP contribution is 2.41. The molecule has 0 aliphatic heterocycles. The molecule has 0 N–H and O–H groups in total. The highest BCUT2D eigenvalue weighted by Gasteiger charge is 2.30. The van der Waals surface area contributed by atoms with E-state index in [0.29, 0.717) is 23.7 Å². The lowest BCUT2D eigenvalue weighted by Crippen LogP contribution is -2.27. The highest BCUT2D eigenvalue weighted by atomic mass is 19.1. The predicted molar refractivity (Wildman–Crippen MR) is 105 cm³/mol. The number of halogens is 1. The van der Waals surface area contributed by atoms with Gasteiger partial charge in [-0.3, -0.25) is 4.79 Å². The van der Waals surface area contributed by atoms with Crippen molar-refractivity contribution in [2.24, 2.45) is 0 Å². The number of benzene rings is 2. The number of fused-ring (bicyclic) bond motifs is 1. The fourth-order valence-corrected chi connectivity index (χ4v) is 3.56. The van der Waals surface area contributed by atoms with E-state index in [9.17, 15) is 9.18 Å². The molecule has 2 aromatic heterocycles. The Hall–Kier alpha value is -3.28. The van der Waals surface area contributed by atoms with Gasteiger partial charge in [-0.15, -0.1) is 0 Å². The number of nitrogens with zero attached hydrogens (tertiary/aromatic N) is 4. The van der Waals surface area contributed by atoms with Crippen LogP contribution in [0.25, 0.3) is 16.6 Å². The van der Waals surface area contributed by atoms with Gasteiger partial charge in [-0.25, -0.2) is 13.8 Å². The largest absolute Gasteiger partial charge is 0.293 e. The molecule has 140 valence electrons. The molecule has 0 spiro atoms. The minimum atomic E-state index is -0.319. The van der Waals surface area contributed by atoms with Gasteiger partial charge in [-0.1, -0.05) is 30.3 Å². The summed E-state index contributed by atoms with van der Waals surface area (Å²) in [7, 11) is 0. The number of hydrogen-bond donors (Lipinski definition) is 0. The summed E-state index contributed by atoms with van der Waals surface area (Å²) >= 11 is 0. The number of rotatable bonds is 5. The Labute approximate surface area is 161 Å². The van der Waals surface area contributed by atoms with Crippen LogP contribution in [0, 0.1) is 5.82 Å². The van der Waals surface area contributed by atoms with E-state index in [-0.39, 0.29) is 11.4 Å². The number of hydrogen-bond acceptors (Lipinski definition) is 3. The summed E-state index contributed by atoms with van der Waals surface area (Å²) in [5, 5.41) is 9.92. The standard InChI is InChI=1S/C22H19FN4O/c23-17-8-10-18(11-9-17)27-21-19(14-24-27)20(16-6-7-16)25-26(22(21)28)13-12-15-4-2-1-3-5-15/h1-5,8-11,14,16H,6-7,12-13H2. The molecule has 1 fully saturated rings. The van der Waals surface area contributed by atoms with Gasteiger partial charge in [-0.05, 0) is 49.1 Å². The van der Waals surface area contributed by atoms with E-state index in [2.05, 4.69) is 10.2 Å². The molecule has 0 unspecified atom stereocenters. The first-order chi connectivity index (χ1) is 13.7. The molecule has 28 heavy (non-hydrogen) atoms. The monoisotopic (exact) mass is 374 g/mol. The second kappa shape index (κ2) is 6.71. The smallest absolute Gasteiger partial charge is 0.265 e. The van der Waals surface area contributed by atoms with Gasteiger partial charge in [0.15, 0.2) is 0 Å². The molecule has 0 amide bonds. The topological polar surface area (TPSA) is 52.7 Å². The third-order valence-corrected chi connectivity index (χ3v) is 5.20. The quantitative estimate of drug-likeness (QED) is 0.533. The Morgan fingerprint density at radius 3 is 2.50 bits per heavy atom. The maximum atomic E-state index is 13.3. The van der Waals surface area contributed by atoms with Crippen LogP contribution in [0.15, 0.2) is 65.6 Å². The van der Waals surface area contributed by atoms with Crippen LogP contribution >= 0.6 is 0 Å². The first-order valence-corrected chi connectivity index (χ1v) is 9.49. The van der Waals surface area contributed by atoms with E-state index >= 15 is 0 Å². The van der Waals surface area contributed by atoms with Crippen molar-refractivity contribution in [1.82, 2.24) is 19.6 Å². The second-order valence-corrected chi connectivity index (χ2v) is 7.22. The molecule has 1 aliphatic rings. The molecule has 0 saturated heterocycles. The van der Waals surface area contributed by atoms with Gasteiger partial charge in [0.25, 0.3) is 5.56 Å². The summed E-state index contributed by atoms with van der Waals surface area (Å²) in [6.45, 7) is 0.507. The Morgan fingerprint density at radius 2 is 1.79 bits per heavy atom. The molecule has 1 aliphatic carbocycles. The molecule has 2 aromatic carbocycles. The van der Waals surface area contributed by atoms with E-state index in [1.165, 1.54) is 12.1 Å². The van der Waals surface area contributed by atoms with E-state index in [1.54, 1.807) is 27.7 Å². The molecule has 2 heterocycles. The lowest BCUT2D eigenvalue weighted by molar-refractivity contribution is 0.570. The Bertz CT molecular complexity index is 1190. The fourth-order valence-electron chi connectivity index (χ4n) is 3.56. The zero-order chi connectivity index (χ0) is 19.1. The second-order valence-electron chi connectivity index (χ2n) is 7.22. The van der Waals surface area contributed by atoms with Crippen molar-refractivity contribution in [1.29, 1.82) is 0 Å². The zero-order valence-electron chi connectivity index (χ0n) is 15.3. The average Bonchev–Trinajstić information content (AvgIpc) is 3.47. The number of aromatic nitrogens is 4. The van der Waals surface area contributed by atoms with E-state index < -0.39 is 0 Å². The molecule has 0 bridgehead atoms. The van der Waals surface area contributed by atoms with Crippen LogP contribution in [-0.4, -0.2) is 19.6 Å². The third-order valence-electron chi connectivity index (χ3n) is 5.20. The van der Waals surface area contributed by atoms with Crippen LogP contribution in [0.5, 0.6) is 0 Å². The maximum Gasteiger partial charge on any atom is 0.293 e. The van der Waals surface area contributed by atoms with Gasteiger partial charge in [0.1, 0.15) is 11.3 Å². The maximum absolute atomic E-state index is 13.3. The molecular weight excluding hydrogens is 355 g/mol. The summed E-state index contributed by atoms with van der Waals surface area (Å²) in [5.74, 6) is 0.0674. The van der Waals surface area contributed by atoms with Gasteiger partial charge >= 0.3 is 0 Å². The first-order valence-electron chi connectivity index (χ1n) is 9.49. The summed E-state index contributed by atoms with van der Waals surface area (Å²) in [6, 6.07) is 16.1. The molecule has 5 nitrogen and oxygen atoms in total. The minimum absolute atomic E-state index is 0.169. The summed E-state index contributed by atoms with van der Waals surface area (Å²) in [5.41, 5.74) is 3.11. The van der Waals surface area contributed by atoms with Gasteiger partial charge < -0.3 is 0 Å². The lowest BCUT2D eigenvalue weighted by Gasteiger charge is -2.10. The van der Waals surface area contributed by atoms with Crippen molar-refractivity contribution < 1.29 is 4.39 Å². The molecule has 0 radical (unpaired) electrons. The van der Waals surface area contributed by atoms with Gasteiger partial charge in [0.05, 0.1) is 17.6 Å². The van der Waals surface area contributed by atoms with E-state index in [0.717, 1.165) is 35.9 Å². The van der Waals surface area contributed by atoms with Crippen LogP contribution in [0.2, 0.25) is 0 Å². The van der Waals surface area contributed by atoms with Crippen molar-refractivity contribution in [3.63, 3.8) is 0 Å². The molecule has 1 saturated carbocycles. The van der Waals surface area contributed by atoms with Crippen LogP contribution in [0.1, 0.15) is 30.0 Å². The van der Waals surface area contributed by atoms with Crippen molar-refractivity contribution in [3.05, 3.63) is 88.2 Å². The van der Waals surface area contributed by atoms with Crippen LogP contribution in [0.4, 0.5) is 4.39 Å². The Kier molecular flexibility index (Phi) is 4.04. The number of aryl methyl sites for hydroxylation is 2. The average molecular weight is 374 g/mol. The third kappa shape index (κ3) is 3.01. The van der Waals surface area contributed by atoms with Gasteiger partial charge in [0.2, 0.25) is 0 Å². The van der Waals surface area contributed by atoms with Gasteiger partial charge in [-0.2, -0.15) is 10.2 Å². The van der Waals surface area contributed by atoms with Crippen LogP contribution in [0.3, 0.4) is 0 Å². The predicted octanol–water partition coefficient (Wildman–Crippen LogP) is 3.84. The zero-order valence-corrected chi connectivity index (χ0v) is 15.3. The summed E-state index contributed by atoms with van der Waals surface area (Å²) in [4.78, 5) is 13.2. The Balaban J connectivity index is 1.62. The minimum Gasteiger partial charge on any atom is -0.265 e. The molecule has 5 rings (SSSR count). The summed E-state index contributed by atoms with van der Waals surface area (Å²) < 4.78 is 16.5. The van der Waals surface area contributed by atoms with E-state index in [1.807, 2.05) is 30.3 Å². The van der Waals surface area contributed by atoms with Crippen molar-refractivity contribution >= 4 is 10.9 Å². The molecule has 6 heteroatoms. The van der Waals surface area contributed by atoms with Crippen LogP contribution < -0.4 is 5.56 Å². The summed E-state index contributed by atoms with van der Waals surface area (Å²) in [6.07, 6.45) is 4.61. The molecule has 0 atom stereocenters. The normalized spacial score (nSPS) is 13.9. The molecular formula is C22H19FN4O. The van der Waals surface area contributed by atoms with Crippen LogP contribution in [-0.2, 0) is 13.0 Å². The van der Waals surface area contributed by atoms with Gasteiger partial charge in [0, 0.05) is 17.8 Å². The van der Waals surface area contributed by atoms with Crippen molar-refractivity contribution in [2.45, 2.75) is 31.7 Å². The lowest BCUT2D eigenvalue weighted by atomic mass is 10.1. The first kappa shape index (κ1) is 16.9.